The summed E-state index contributed by atoms with van der Waals surface area (Å²) in [5.74, 6) is -0.149. The van der Waals surface area contributed by atoms with E-state index in [2.05, 4.69) is 23.9 Å². The molecule has 0 spiro atoms. The Morgan fingerprint density at radius 2 is 2.00 bits per heavy atom. The molecule has 108 valence electrons. The Morgan fingerprint density at radius 1 is 1.24 bits per heavy atom. The van der Waals surface area contributed by atoms with Crippen LogP contribution in [0.3, 0.4) is 0 Å². The number of carbonyl (C=O) groups is 1. The minimum absolute atomic E-state index is 0.149. The first-order valence-electron chi connectivity index (χ1n) is 7.03. The van der Waals surface area contributed by atoms with Crippen LogP contribution in [0.4, 0.5) is 0 Å². The second-order valence-corrected chi connectivity index (χ2v) is 5.09. The van der Waals surface area contributed by atoms with Gasteiger partial charge in [-0.05, 0) is 29.2 Å². The van der Waals surface area contributed by atoms with Gasteiger partial charge in [0.05, 0.1) is 0 Å². The molecule has 21 heavy (non-hydrogen) atoms. The van der Waals surface area contributed by atoms with Crippen LogP contribution < -0.4 is 11.5 Å². The maximum atomic E-state index is 11.6. The molecule has 3 heteroatoms. The minimum atomic E-state index is -0.903. The standard InChI is InChI=1S/C18H20N2O/c19-18(20)17(21)13-16-9-5-4-8-15(10-11-16)12-14-6-2-1-3-7-14/h1-7,9,11,18H,10,12-13,19-20H2/b9-5-,16-11+. The van der Waals surface area contributed by atoms with Crippen LogP contribution in [0.1, 0.15) is 18.4 Å². The molecule has 0 heterocycles. The Morgan fingerprint density at radius 3 is 2.71 bits per heavy atom. The third kappa shape index (κ3) is 5.01. The number of nitrogens with two attached hydrogens (primary N) is 2. The van der Waals surface area contributed by atoms with Crippen molar-refractivity contribution in [2.45, 2.75) is 25.4 Å². The summed E-state index contributed by atoms with van der Waals surface area (Å²) in [4.78, 5) is 11.6. The molecule has 1 aromatic rings. The van der Waals surface area contributed by atoms with Crippen LogP contribution in [0.2, 0.25) is 0 Å². The summed E-state index contributed by atoms with van der Waals surface area (Å²) in [6.45, 7) is 0. The highest BCUT2D eigenvalue weighted by molar-refractivity contribution is 5.85. The van der Waals surface area contributed by atoms with Crippen LogP contribution in [0.25, 0.3) is 0 Å². The van der Waals surface area contributed by atoms with Crippen LogP contribution in [0.15, 0.2) is 71.5 Å². The first kappa shape index (κ1) is 15.2. The molecular formula is C18H20N2O. The highest BCUT2D eigenvalue weighted by atomic mass is 16.1. The Labute approximate surface area is 125 Å². The Kier molecular flexibility index (Phi) is 5.47. The van der Waals surface area contributed by atoms with Crippen molar-refractivity contribution in [1.29, 1.82) is 0 Å². The third-order valence-electron chi connectivity index (χ3n) is 3.32. The average molecular weight is 280 g/mol. The molecular weight excluding hydrogens is 260 g/mol. The van der Waals surface area contributed by atoms with E-state index in [0.29, 0.717) is 0 Å². The molecule has 0 fully saturated rings. The molecule has 0 aliphatic heterocycles. The predicted octanol–water partition coefficient (Wildman–Crippen LogP) is 2.40. The van der Waals surface area contributed by atoms with E-state index in [-0.39, 0.29) is 12.2 Å². The van der Waals surface area contributed by atoms with Crippen molar-refractivity contribution in [1.82, 2.24) is 0 Å². The molecule has 0 saturated carbocycles. The van der Waals surface area contributed by atoms with Gasteiger partial charge < -0.3 is 11.5 Å². The number of carbonyl (C=O) groups excluding carboxylic acids is 1. The molecule has 0 atom stereocenters. The molecule has 0 radical (unpaired) electrons. The fourth-order valence-electron chi connectivity index (χ4n) is 2.13. The summed E-state index contributed by atoms with van der Waals surface area (Å²) in [6.07, 6.45) is 8.75. The number of ketones is 1. The first-order valence-corrected chi connectivity index (χ1v) is 7.03. The van der Waals surface area contributed by atoms with Crippen molar-refractivity contribution in [3.8, 4) is 0 Å². The van der Waals surface area contributed by atoms with Gasteiger partial charge in [-0.15, -0.1) is 5.73 Å². The highest BCUT2D eigenvalue weighted by Crippen LogP contribution is 2.16. The summed E-state index contributed by atoms with van der Waals surface area (Å²) < 4.78 is 0. The molecule has 0 aromatic heterocycles. The van der Waals surface area contributed by atoms with Gasteiger partial charge in [0.25, 0.3) is 0 Å². The van der Waals surface area contributed by atoms with E-state index in [9.17, 15) is 4.79 Å². The molecule has 4 N–H and O–H groups in total. The number of allylic oxidation sites excluding steroid dienone is 5. The second-order valence-electron chi connectivity index (χ2n) is 5.09. The molecule has 0 saturated heterocycles. The second kappa shape index (κ2) is 7.55. The molecule has 0 bridgehead atoms. The van der Waals surface area contributed by atoms with Crippen molar-refractivity contribution in [2.24, 2.45) is 11.5 Å². The summed E-state index contributed by atoms with van der Waals surface area (Å²) >= 11 is 0. The topological polar surface area (TPSA) is 69.1 Å². The summed E-state index contributed by atoms with van der Waals surface area (Å²) in [7, 11) is 0. The van der Waals surface area contributed by atoms with Gasteiger partial charge in [-0.3, -0.25) is 4.79 Å². The lowest BCUT2D eigenvalue weighted by Crippen LogP contribution is -2.39. The number of rotatable bonds is 5. The molecule has 3 nitrogen and oxygen atoms in total. The van der Waals surface area contributed by atoms with Gasteiger partial charge in [-0.1, -0.05) is 48.6 Å². The van der Waals surface area contributed by atoms with Gasteiger partial charge in [0.2, 0.25) is 0 Å². The van der Waals surface area contributed by atoms with Gasteiger partial charge in [0, 0.05) is 12.8 Å². The lowest BCUT2D eigenvalue weighted by Gasteiger charge is -2.08. The molecule has 1 aromatic carbocycles. The number of benzene rings is 1. The van der Waals surface area contributed by atoms with E-state index >= 15 is 0 Å². The molecule has 1 aliphatic carbocycles. The van der Waals surface area contributed by atoms with Crippen LogP contribution in [0, 0.1) is 0 Å². The Hall–Kier alpha value is -2.19. The zero-order valence-corrected chi connectivity index (χ0v) is 12.0. The van der Waals surface area contributed by atoms with Gasteiger partial charge in [0.15, 0.2) is 5.78 Å². The summed E-state index contributed by atoms with van der Waals surface area (Å²) in [5.41, 5.74) is 17.5. The van der Waals surface area contributed by atoms with Crippen LogP contribution >= 0.6 is 0 Å². The number of hydrogen-bond acceptors (Lipinski definition) is 3. The molecule has 0 amide bonds. The lowest BCUT2D eigenvalue weighted by atomic mass is 9.98. The average Bonchev–Trinajstić information content (AvgIpc) is 2.46. The Balaban J connectivity index is 2.06. The highest BCUT2D eigenvalue weighted by Gasteiger charge is 2.10. The van der Waals surface area contributed by atoms with Gasteiger partial charge in [-0.25, -0.2) is 0 Å². The van der Waals surface area contributed by atoms with Gasteiger partial charge in [-0.2, -0.15) is 0 Å². The fraction of sp³-hybridized carbons (Fsp3) is 0.222. The first-order chi connectivity index (χ1) is 10.1. The van der Waals surface area contributed by atoms with Gasteiger partial charge in [0.1, 0.15) is 6.17 Å². The van der Waals surface area contributed by atoms with E-state index in [0.717, 1.165) is 18.4 Å². The normalized spacial score (nSPS) is 18.4. The van der Waals surface area contributed by atoms with Gasteiger partial charge >= 0.3 is 0 Å². The molecule has 0 unspecified atom stereocenters. The zero-order valence-electron chi connectivity index (χ0n) is 12.0. The largest absolute Gasteiger partial charge is 0.310 e. The monoisotopic (exact) mass is 280 g/mol. The van der Waals surface area contributed by atoms with E-state index in [4.69, 9.17) is 11.5 Å². The molecule has 1 aliphatic rings. The maximum absolute atomic E-state index is 11.6. The Bertz CT molecular complexity index is 618. The van der Waals surface area contributed by atoms with E-state index < -0.39 is 6.17 Å². The smallest absolute Gasteiger partial charge is 0.168 e. The fourth-order valence-corrected chi connectivity index (χ4v) is 2.13. The minimum Gasteiger partial charge on any atom is -0.310 e. The van der Waals surface area contributed by atoms with E-state index in [1.165, 1.54) is 11.1 Å². The van der Waals surface area contributed by atoms with Crippen LogP contribution in [0.5, 0.6) is 0 Å². The number of Topliss-reactive ketones (excluding diaryl/α,β-unsaturated/α-hetero) is 1. The number of hydrogen-bond donors (Lipinski definition) is 2. The SMILES string of the molecule is NC(N)C(=O)CC1=C/CC(Cc2ccccc2)=C=C/C=C\1. The van der Waals surface area contributed by atoms with Crippen molar-refractivity contribution in [2.75, 3.05) is 0 Å². The van der Waals surface area contributed by atoms with Crippen molar-refractivity contribution >= 4 is 5.78 Å². The summed E-state index contributed by atoms with van der Waals surface area (Å²) in [6, 6.07) is 10.3. The third-order valence-corrected chi connectivity index (χ3v) is 3.32. The summed E-state index contributed by atoms with van der Waals surface area (Å²) in [5, 5.41) is 0. The maximum Gasteiger partial charge on any atom is 0.168 e. The van der Waals surface area contributed by atoms with Crippen molar-refractivity contribution < 1.29 is 4.79 Å². The van der Waals surface area contributed by atoms with Crippen molar-refractivity contribution in [3.05, 3.63) is 77.1 Å². The zero-order chi connectivity index (χ0) is 15.1. The molecule has 2 rings (SSSR count). The van der Waals surface area contributed by atoms with E-state index in [1.54, 1.807) is 0 Å². The predicted molar refractivity (Wildman–Crippen MR) is 85.4 cm³/mol. The lowest BCUT2D eigenvalue weighted by molar-refractivity contribution is -0.119. The van der Waals surface area contributed by atoms with E-state index in [1.807, 2.05) is 36.4 Å². The van der Waals surface area contributed by atoms with Crippen molar-refractivity contribution in [3.63, 3.8) is 0 Å². The van der Waals surface area contributed by atoms with Crippen LogP contribution in [-0.4, -0.2) is 11.9 Å². The quantitative estimate of drug-likeness (QED) is 0.643. The van der Waals surface area contributed by atoms with Crippen LogP contribution in [-0.2, 0) is 11.2 Å².